The Morgan fingerprint density at radius 2 is 2.00 bits per heavy atom. The van der Waals surface area contributed by atoms with Gasteiger partial charge in [0, 0.05) is 6.07 Å². The molecule has 3 nitrogen and oxygen atoms in total. The van der Waals surface area contributed by atoms with Gasteiger partial charge in [-0.1, -0.05) is 0 Å². The molecule has 0 N–H and O–H groups in total. The molecular formula is C8H6F3NO2. The fraction of sp³-hybridized carbons (Fsp3) is 0.250. The summed E-state index contributed by atoms with van der Waals surface area (Å²) in [6.45, 7) is 1.27. The standard InChI is InChI=1S/C8H6F3NO2/c1-4-2-3-5(12(13)14)6(7(4)9)8(10)11/h2-3,8H,1H3. The number of nitrogens with zero attached hydrogens (tertiary/aromatic N) is 1. The second-order valence-corrected chi connectivity index (χ2v) is 2.69. The summed E-state index contributed by atoms with van der Waals surface area (Å²) >= 11 is 0. The third-order valence-corrected chi connectivity index (χ3v) is 1.76. The summed E-state index contributed by atoms with van der Waals surface area (Å²) in [6.07, 6.45) is -3.18. The van der Waals surface area contributed by atoms with Crippen molar-refractivity contribution in [2.75, 3.05) is 0 Å². The lowest BCUT2D eigenvalue weighted by Gasteiger charge is -2.04. The molecule has 0 aromatic heterocycles. The van der Waals surface area contributed by atoms with E-state index in [1.54, 1.807) is 0 Å². The van der Waals surface area contributed by atoms with E-state index < -0.39 is 28.4 Å². The highest BCUT2D eigenvalue weighted by Gasteiger charge is 2.26. The summed E-state index contributed by atoms with van der Waals surface area (Å²) in [7, 11) is 0. The Bertz CT molecular complexity index is 379. The maximum atomic E-state index is 13.1. The van der Waals surface area contributed by atoms with Crippen molar-refractivity contribution in [3.8, 4) is 0 Å². The second-order valence-electron chi connectivity index (χ2n) is 2.69. The van der Waals surface area contributed by atoms with Crippen LogP contribution in [-0.4, -0.2) is 4.92 Å². The highest BCUT2D eigenvalue weighted by Crippen LogP contribution is 2.32. The smallest absolute Gasteiger partial charge is 0.258 e. The quantitative estimate of drug-likeness (QED) is 0.550. The van der Waals surface area contributed by atoms with E-state index >= 15 is 0 Å². The maximum absolute atomic E-state index is 13.1. The first-order valence-corrected chi connectivity index (χ1v) is 3.66. The van der Waals surface area contributed by atoms with Gasteiger partial charge in [0.1, 0.15) is 11.4 Å². The van der Waals surface area contributed by atoms with Crippen LogP contribution in [-0.2, 0) is 0 Å². The molecule has 0 unspecified atom stereocenters. The average molecular weight is 205 g/mol. The largest absolute Gasteiger partial charge is 0.281 e. The molecule has 0 bridgehead atoms. The van der Waals surface area contributed by atoms with Crippen LogP contribution in [0, 0.1) is 22.9 Å². The highest BCUT2D eigenvalue weighted by atomic mass is 19.3. The summed E-state index contributed by atoms with van der Waals surface area (Å²) in [6, 6.07) is 1.97. The van der Waals surface area contributed by atoms with E-state index in [0.717, 1.165) is 12.1 Å². The maximum Gasteiger partial charge on any atom is 0.281 e. The minimum absolute atomic E-state index is 0.0362. The number of halogens is 3. The third-order valence-electron chi connectivity index (χ3n) is 1.76. The number of rotatable bonds is 2. The molecule has 0 amide bonds. The van der Waals surface area contributed by atoms with Crippen LogP contribution in [0.3, 0.4) is 0 Å². The number of nitro benzene ring substituents is 1. The van der Waals surface area contributed by atoms with Crippen molar-refractivity contribution in [3.05, 3.63) is 39.2 Å². The van der Waals surface area contributed by atoms with E-state index in [-0.39, 0.29) is 5.56 Å². The van der Waals surface area contributed by atoms with Gasteiger partial charge in [-0.2, -0.15) is 0 Å². The predicted molar refractivity (Wildman–Crippen MR) is 42.7 cm³/mol. The minimum Gasteiger partial charge on any atom is -0.258 e. The first-order valence-electron chi connectivity index (χ1n) is 3.66. The van der Waals surface area contributed by atoms with Crippen LogP contribution < -0.4 is 0 Å². The zero-order valence-electron chi connectivity index (χ0n) is 7.13. The summed E-state index contributed by atoms with van der Waals surface area (Å²) in [5.74, 6) is -1.21. The second kappa shape index (κ2) is 3.65. The van der Waals surface area contributed by atoms with Crippen molar-refractivity contribution < 1.29 is 18.1 Å². The fourth-order valence-electron chi connectivity index (χ4n) is 1.06. The Morgan fingerprint density at radius 3 is 2.43 bits per heavy atom. The van der Waals surface area contributed by atoms with Crippen molar-refractivity contribution in [1.82, 2.24) is 0 Å². The van der Waals surface area contributed by atoms with Gasteiger partial charge in [0.2, 0.25) is 0 Å². The van der Waals surface area contributed by atoms with E-state index in [2.05, 4.69) is 0 Å². The van der Waals surface area contributed by atoms with Crippen LogP contribution in [0.1, 0.15) is 17.6 Å². The van der Waals surface area contributed by atoms with E-state index in [1.165, 1.54) is 6.92 Å². The zero-order valence-corrected chi connectivity index (χ0v) is 7.13. The van der Waals surface area contributed by atoms with E-state index in [0.29, 0.717) is 0 Å². The molecule has 76 valence electrons. The van der Waals surface area contributed by atoms with Gasteiger partial charge in [-0.25, -0.2) is 13.2 Å². The highest BCUT2D eigenvalue weighted by molar-refractivity contribution is 5.44. The van der Waals surface area contributed by atoms with Crippen LogP contribution in [0.4, 0.5) is 18.9 Å². The summed E-state index contributed by atoms with van der Waals surface area (Å²) < 4.78 is 37.7. The van der Waals surface area contributed by atoms with Crippen molar-refractivity contribution in [2.45, 2.75) is 13.3 Å². The first-order chi connectivity index (χ1) is 6.45. The Morgan fingerprint density at radius 1 is 1.43 bits per heavy atom. The Labute approximate surface area is 77.3 Å². The summed E-state index contributed by atoms with van der Waals surface area (Å²) in [4.78, 5) is 9.27. The Kier molecular flexibility index (Phi) is 2.73. The number of nitro groups is 1. The molecule has 0 aliphatic carbocycles. The molecule has 0 heterocycles. The SMILES string of the molecule is Cc1ccc([N+](=O)[O-])c(C(F)F)c1F. The molecule has 14 heavy (non-hydrogen) atoms. The topological polar surface area (TPSA) is 43.1 Å². The normalized spacial score (nSPS) is 10.6. The van der Waals surface area contributed by atoms with Gasteiger partial charge in [-0.15, -0.1) is 0 Å². The number of hydrogen-bond donors (Lipinski definition) is 0. The Hall–Kier alpha value is -1.59. The molecule has 0 fully saturated rings. The number of alkyl halides is 2. The molecule has 6 heteroatoms. The molecular weight excluding hydrogens is 199 g/mol. The van der Waals surface area contributed by atoms with Crippen LogP contribution in [0.25, 0.3) is 0 Å². The van der Waals surface area contributed by atoms with Crippen molar-refractivity contribution in [3.63, 3.8) is 0 Å². The van der Waals surface area contributed by atoms with E-state index in [9.17, 15) is 23.3 Å². The lowest BCUT2D eigenvalue weighted by molar-refractivity contribution is -0.386. The van der Waals surface area contributed by atoms with Gasteiger partial charge < -0.3 is 0 Å². The predicted octanol–water partition coefficient (Wildman–Crippen LogP) is 2.98. The lowest BCUT2D eigenvalue weighted by atomic mass is 10.1. The van der Waals surface area contributed by atoms with Crippen LogP contribution in [0.5, 0.6) is 0 Å². The van der Waals surface area contributed by atoms with Crippen molar-refractivity contribution in [2.24, 2.45) is 0 Å². The monoisotopic (exact) mass is 205 g/mol. The molecule has 0 saturated heterocycles. The van der Waals surface area contributed by atoms with Gasteiger partial charge in [-0.3, -0.25) is 10.1 Å². The number of hydrogen-bond acceptors (Lipinski definition) is 2. The van der Waals surface area contributed by atoms with E-state index in [1.807, 2.05) is 0 Å². The lowest BCUT2D eigenvalue weighted by Crippen LogP contribution is -2.01. The van der Waals surface area contributed by atoms with Gasteiger partial charge >= 0.3 is 0 Å². The van der Waals surface area contributed by atoms with Crippen LogP contribution in [0.2, 0.25) is 0 Å². The van der Waals surface area contributed by atoms with Gasteiger partial charge in [0.05, 0.1) is 4.92 Å². The minimum atomic E-state index is -3.18. The van der Waals surface area contributed by atoms with Crippen molar-refractivity contribution >= 4 is 5.69 Å². The van der Waals surface area contributed by atoms with Crippen LogP contribution in [0.15, 0.2) is 12.1 Å². The number of benzene rings is 1. The molecule has 1 rings (SSSR count). The first kappa shape index (κ1) is 10.5. The van der Waals surface area contributed by atoms with Gasteiger partial charge in [-0.05, 0) is 18.6 Å². The van der Waals surface area contributed by atoms with Gasteiger partial charge in [0.15, 0.2) is 0 Å². The summed E-state index contributed by atoms with van der Waals surface area (Å²) in [5.41, 5.74) is -2.07. The summed E-state index contributed by atoms with van der Waals surface area (Å²) in [5, 5.41) is 10.3. The molecule has 1 aromatic carbocycles. The molecule has 0 aliphatic rings. The molecule has 0 aliphatic heterocycles. The Balaban J connectivity index is 3.45. The van der Waals surface area contributed by atoms with E-state index in [4.69, 9.17) is 0 Å². The van der Waals surface area contributed by atoms with Crippen molar-refractivity contribution in [1.29, 1.82) is 0 Å². The molecule has 0 atom stereocenters. The number of aryl methyl sites for hydroxylation is 1. The molecule has 0 saturated carbocycles. The van der Waals surface area contributed by atoms with Crippen LogP contribution >= 0.6 is 0 Å². The molecule has 0 spiro atoms. The molecule has 0 radical (unpaired) electrons. The van der Waals surface area contributed by atoms with Gasteiger partial charge in [0.25, 0.3) is 12.1 Å². The fourth-order valence-corrected chi connectivity index (χ4v) is 1.06. The zero-order chi connectivity index (χ0) is 10.9. The third kappa shape index (κ3) is 1.68. The average Bonchev–Trinajstić information content (AvgIpc) is 2.08. The molecule has 1 aromatic rings.